The maximum atomic E-state index is 11.2. The van der Waals surface area contributed by atoms with Gasteiger partial charge >= 0.3 is 11.9 Å². The molecule has 0 spiro atoms. The first kappa shape index (κ1) is 24.9. The van der Waals surface area contributed by atoms with Gasteiger partial charge in [0.25, 0.3) is 0 Å². The second-order valence-electron chi connectivity index (χ2n) is 9.51. The molecule has 26 heavy (non-hydrogen) atoms. The fourth-order valence-electron chi connectivity index (χ4n) is 3.41. The van der Waals surface area contributed by atoms with E-state index < -0.39 is 23.3 Å². The van der Waals surface area contributed by atoms with Crippen molar-refractivity contribution in [3.63, 3.8) is 0 Å². The van der Waals surface area contributed by atoms with Crippen LogP contribution in [0.1, 0.15) is 98.8 Å². The molecule has 0 aromatic rings. The number of carboxylic acids is 2. The predicted molar refractivity (Wildman–Crippen MR) is 104 cm³/mol. The topological polar surface area (TPSA) is 94.8 Å². The summed E-state index contributed by atoms with van der Waals surface area (Å²) in [4.78, 5) is 22.3. The third-order valence-electron chi connectivity index (χ3n) is 5.10. The molecule has 0 rings (SSSR count). The van der Waals surface area contributed by atoms with E-state index in [0.29, 0.717) is 11.8 Å². The van der Waals surface area contributed by atoms with Crippen LogP contribution in [0, 0.1) is 16.7 Å². The van der Waals surface area contributed by atoms with Gasteiger partial charge in [-0.3, -0.25) is 9.59 Å². The quantitative estimate of drug-likeness (QED) is 0.291. The van der Waals surface area contributed by atoms with Gasteiger partial charge in [-0.25, -0.2) is 0 Å². The number of aliphatic carboxylic acids is 2. The highest BCUT2D eigenvalue weighted by molar-refractivity contribution is 5.93. The average Bonchev–Trinajstić information content (AvgIpc) is 2.43. The lowest BCUT2D eigenvalue weighted by atomic mass is 9.75. The second-order valence-corrected chi connectivity index (χ2v) is 9.51. The fraction of sp³-hybridized carbons (Fsp3) is 0.905. The van der Waals surface area contributed by atoms with E-state index in [4.69, 9.17) is 10.2 Å². The summed E-state index contributed by atoms with van der Waals surface area (Å²) in [6.45, 7) is 10.1. The first-order valence-corrected chi connectivity index (χ1v) is 10.0. The molecule has 0 aliphatic heterocycles. The van der Waals surface area contributed by atoms with E-state index in [0.717, 1.165) is 44.9 Å². The molecular weight excluding hydrogens is 332 g/mol. The molecule has 0 radical (unpaired) electrons. The zero-order valence-corrected chi connectivity index (χ0v) is 17.4. The summed E-state index contributed by atoms with van der Waals surface area (Å²) in [6.07, 6.45) is 9.10. The molecule has 0 bridgehead atoms. The summed E-state index contributed by atoms with van der Waals surface area (Å²) >= 11 is 0. The molecule has 0 aliphatic carbocycles. The van der Waals surface area contributed by atoms with Crippen molar-refractivity contribution in [1.82, 2.24) is 0 Å². The number of carbonyl (C=O) groups is 2. The number of aliphatic hydroxyl groups is 1. The monoisotopic (exact) mass is 372 g/mol. The molecule has 0 aromatic heterocycles. The van der Waals surface area contributed by atoms with Crippen molar-refractivity contribution >= 4 is 11.9 Å². The molecule has 1 atom stereocenters. The van der Waals surface area contributed by atoms with Gasteiger partial charge in [-0.05, 0) is 36.5 Å². The third-order valence-corrected chi connectivity index (χ3v) is 5.10. The largest absolute Gasteiger partial charge is 0.481 e. The molecule has 5 nitrogen and oxygen atoms in total. The lowest BCUT2D eigenvalue weighted by molar-refractivity contribution is -0.160. The molecule has 154 valence electrons. The molecule has 3 N–H and O–H groups in total. The molecule has 5 heteroatoms. The van der Waals surface area contributed by atoms with Crippen molar-refractivity contribution in [2.75, 3.05) is 0 Å². The summed E-state index contributed by atoms with van der Waals surface area (Å²) in [5.74, 6) is -3.92. The van der Waals surface area contributed by atoms with E-state index in [1.807, 2.05) is 0 Å². The lowest BCUT2D eigenvalue weighted by Gasteiger charge is -2.28. The van der Waals surface area contributed by atoms with Gasteiger partial charge in [0.15, 0.2) is 5.92 Å². The summed E-state index contributed by atoms with van der Waals surface area (Å²) in [5, 5.41) is 28.3. The molecule has 0 amide bonds. The van der Waals surface area contributed by atoms with Crippen LogP contribution in [0.2, 0.25) is 0 Å². The van der Waals surface area contributed by atoms with Crippen molar-refractivity contribution in [3.05, 3.63) is 0 Å². The van der Waals surface area contributed by atoms with Crippen LogP contribution in [0.15, 0.2) is 0 Å². The molecule has 0 aliphatic rings. The molecule has 1 unspecified atom stereocenters. The summed E-state index contributed by atoms with van der Waals surface area (Å²) in [6, 6.07) is 0. The predicted octanol–water partition coefficient (Wildman–Crippen LogP) is 5.11. The van der Waals surface area contributed by atoms with E-state index >= 15 is 0 Å². The highest BCUT2D eigenvalue weighted by atomic mass is 16.4. The van der Waals surface area contributed by atoms with Crippen LogP contribution in [-0.4, -0.2) is 33.4 Å². The van der Waals surface area contributed by atoms with E-state index in [9.17, 15) is 14.7 Å². The van der Waals surface area contributed by atoms with E-state index in [1.54, 1.807) is 13.8 Å². The Morgan fingerprint density at radius 1 is 0.731 bits per heavy atom. The Balaban J connectivity index is 3.88. The molecule has 0 fully saturated rings. The van der Waals surface area contributed by atoms with Gasteiger partial charge in [-0.2, -0.15) is 0 Å². The van der Waals surface area contributed by atoms with Gasteiger partial charge < -0.3 is 15.3 Å². The normalized spacial score (nSPS) is 13.8. The van der Waals surface area contributed by atoms with Gasteiger partial charge in [0.05, 0.1) is 6.10 Å². The van der Waals surface area contributed by atoms with E-state index in [1.165, 1.54) is 12.8 Å². The summed E-state index contributed by atoms with van der Waals surface area (Å²) in [7, 11) is 0. The summed E-state index contributed by atoms with van der Waals surface area (Å²) in [5.41, 5.74) is -0.393. The Bertz CT molecular complexity index is 409. The van der Waals surface area contributed by atoms with Gasteiger partial charge in [-0.15, -0.1) is 0 Å². The SMILES string of the molecule is CC(C)(C)CCCCCC(O)CCCCCC(C)(C)C(C(=O)O)C(=O)O. The minimum Gasteiger partial charge on any atom is -0.481 e. The zero-order valence-electron chi connectivity index (χ0n) is 17.4. The van der Waals surface area contributed by atoms with Gasteiger partial charge in [-0.1, -0.05) is 73.1 Å². The average molecular weight is 373 g/mol. The fourth-order valence-corrected chi connectivity index (χ4v) is 3.41. The van der Waals surface area contributed by atoms with Crippen molar-refractivity contribution in [3.8, 4) is 0 Å². The minimum absolute atomic E-state index is 0.261. The number of aliphatic hydroxyl groups excluding tert-OH is 1. The molecule has 0 saturated heterocycles. The van der Waals surface area contributed by atoms with Crippen molar-refractivity contribution in [2.24, 2.45) is 16.7 Å². The van der Waals surface area contributed by atoms with Crippen LogP contribution in [-0.2, 0) is 9.59 Å². The van der Waals surface area contributed by atoms with Gasteiger partial charge in [0.2, 0.25) is 0 Å². The number of rotatable bonds is 14. The Kier molecular flexibility index (Phi) is 11.1. The second kappa shape index (κ2) is 11.6. The maximum absolute atomic E-state index is 11.2. The summed E-state index contributed by atoms with van der Waals surface area (Å²) < 4.78 is 0. The van der Waals surface area contributed by atoms with E-state index in [-0.39, 0.29) is 6.10 Å². The first-order valence-electron chi connectivity index (χ1n) is 10.0. The van der Waals surface area contributed by atoms with Gasteiger partial charge in [0, 0.05) is 0 Å². The van der Waals surface area contributed by atoms with Crippen LogP contribution in [0.3, 0.4) is 0 Å². The van der Waals surface area contributed by atoms with Crippen LogP contribution < -0.4 is 0 Å². The maximum Gasteiger partial charge on any atom is 0.318 e. The van der Waals surface area contributed by atoms with Crippen LogP contribution in [0.5, 0.6) is 0 Å². The Morgan fingerprint density at radius 2 is 1.15 bits per heavy atom. The molecule has 0 aromatic carbocycles. The van der Waals surface area contributed by atoms with Crippen molar-refractivity contribution in [1.29, 1.82) is 0 Å². The smallest absolute Gasteiger partial charge is 0.318 e. The van der Waals surface area contributed by atoms with E-state index in [2.05, 4.69) is 20.8 Å². The third kappa shape index (κ3) is 11.5. The van der Waals surface area contributed by atoms with Crippen molar-refractivity contribution in [2.45, 2.75) is 105 Å². The van der Waals surface area contributed by atoms with Gasteiger partial charge in [0.1, 0.15) is 0 Å². The Morgan fingerprint density at radius 3 is 1.54 bits per heavy atom. The molecular formula is C21H40O5. The van der Waals surface area contributed by atoms with Crippen LogP contribution in [0.25, 0.3) is 0 Å². The van der Waals surface area contributed by atoms with Crippen LogP contribution in [0.4, 0.5) is 0 Å². The number of carboxylic acid groups (broad SMARTS) is 2. The Hall–Kier alpha value is -1.10. The number of hydrogen-bond donors (Lipinski definition) is 3. The zero-order chi connectivity index (χ0) is 20.4. The van der Waals surface area contributed by atoms with Crippen LogP contribution >= 0.6 is 0 Å². The minimum atomic E-state index is -1.37. The number of unbranched alkanes of at least 4 members (excludes halogenated alkanes) is 4. The number of hydrogen-bond acceptors (Lipinski definition) is 3. The molecule has 0 heterocycles. The standard InChI is InChI=1S/C21H40O5/c1-20(2,3)14-10-6-8-12-16(22)13-9-7-11-15-21(4,5)17(18(23)24)19(25)26/h16-17,22H,6-15H2,1-5H3,(H,23,24)(H,25,26). The Labute approximate surface area is 159 Å². The highest BCUT2D eigenvalue weighted by Crippen LogP contribution is 2.33. The van der Waals surface area contributed by atoms with Crippen molar-refractivity contribution < 1.29 is 24.9 Å². The first-order chi connectivity index (χ1) is 11.9. The highest BCUT2D eigenvalue weighted by Gasteiger charge is 2.40. The molecule has 0 saturated carbocycles. The lowest BCUT2D eigenvalue weighted by Crippen LogP contribution is -2.37.